The molecule has 0 saturated carbocycles. The Hall–Kier alpha value is -0.670. The molecular weight excluding hydrogens is 130 g/mol. The maximum Gasteiger partial charge on any atom is 0.377 e. The van der Waals surface area contributed by atoms with Crippen LogP contribution in [0.2, 0.25) is 0 Å². The highest BCUT2D eigenvalue weighted by Gasteiger charge is 2.49. The largest absolute Gasteiger partial charge is 0.458 e. The van der Waals surface area contributed by atoms with Crippen molar-refractivity contribution in [2.24, 2.45) is 0 Å². The molecule has 1 aliphatic rings. The van der Waals surface area contributed by atoms with Gasteiger partial charge in [-0.25, -0.2) is 4.79 Å². The first-order valence-corrected chi connectivity index (χ1v) is 2.30. The fourth-order valence-corrected chi connectivity index (χ4v) is 0.552. The molecule has 9 heavy (non-hydrogen) atoms. The first-order chi connectivity index (χ1) is 5.00. The first kappa shape index (κ1) is 4.19. The van der Waals surface area contributed by atoms with Gasteiger partial charge in [-0.2, -0.15) is 8.78 Å². The summed E-state index contributed by atoms with van der Waals surface area (Å²) in [5.74, 6) is -5.42. The van der Waals surface area contributed by atoms with Gasteiger partial charge >= 0.3 is 11.9 Å². The Bertz CT molecular complexity index is 185. The Kier molecular flexibility index (Phi) is 0.770. The summed E-state index contributed by atoms with van der Waals surface area (Å²) < 4.78 is 42.4. The highest BCUT2D eigenvalue weighted by atomic mass is 19.3. The molecule has 0 aromatic heterocycles. The van der Waals surface area contributed by atoms with Crippen LogP contribution in [0.5, 0.6) is 0 Å². The Morgan fingerprint density at radius 2 is 2.78 bits per heavy atom. The number of hydrogen-bond acceptors (Lipinski definition) is 2. The second-order valence-electron chi connectivity index (χ2n) is 1.73. The maximum absolute atomic E-state index is 12.4. The number of cyclic esters (lactones) is 1. The van der Waals surface area contributed by atoms with E-state index < -0.39 is 31.3 Å². The minimum atomic E-state index is -3.73. The molecule has 0 aromatic rings. The molecule has 1 heterocycles. The molecule has 1 aliphatic heterocycles. The van der Waals surface area contributed by atoms with Crippen LogP contribution in [-0.2, 0) is 9.53 Å². The zero-order valence-electron chi connectivity index (χ0n) is 6.43. The van der Waals surface area contributed by atoms with Crippen LogP contribution in [0.25, 0.3) is 0 Å². The molecule has 0 radical (unpaired) electrons. The second kappa shape index (κ2) is 1.65. The number of ether oxygens (including phenoxy) is 1. The van der Waals surface area contributed by atoms with Gasteiger partial charge in [-0.3, -0.25) is 0 Å². The van der Waals surface area contributed by atoms with Crippen molar-refractivity contribution in [3.63, 3.8) is 0 Å². The summed E-state index contributed by atoms with van der Waals surface area (Å²) in [6.45, 7) is -0.491. The fourth-order valence-electron chi connectivity index (χ4n) is 0.552. The molecule has 52 valence electrons. The van der Waals surface area contributed by atoms with E-state index in [0.717, 1.165) is 0 Å². The monoisotopic (exact) mass is 140 g/mol. The minimum Gasteiger partial charge on any atom is -0.458 e. The van der Waals surface area contributed by atoms with E-state index in [-0.39, 0.29) is 0 Å². The van der Waals surface area contributed by atoms with Crippen LogP contribution in [0, 0.1) is 0 Å². The Morgan fingerprint density at radius 1 is 2.11 bits per heavy atom. The van der Waals surface area contributed by atoms with Crippen molar-refractivity contribution in [3.8, 4) is 0 Å². The molecule has 0 spiro atoms. The number of carbonyl (C=O) groups excluding carboxylic acids is 1. The summed E-state index contributed by atoms with van der Waals surface area (Å²) in [5.41, 5.74) is 0. The van der Waals surface area contributed by atoms with Gasteiger partial charge in [-0.15, -0.1) is 0 Å². The molecular formula is C5H6F2O2. The Morgan fingerprint density at radius 3 is 3.00 bits per heavy atom. The number of alkyl halides is 2. The van der Waals surface area contributed by atoms with Gasteiger partial charge < -0.3 is 4.74 Å². The summed E-state index contributed by atoms with van der Waals surface area (Å²) >= 11 is 0. The average Bonchev–Trinajstić information content (AvgIpc) is 2.14. The summed E-state index contributed by atoms with van der Waals surface area (Å²) in [6.07, 6.45) is -3.20. The Balaban J connectivity index is 2.80. The first-order valence-electron chi connectivity index (χ1n) is 3.59. The summed E-state index contributed by atoms with van der Waals surface area (Å²) in [7, 11) is 0. The number of esters is 1. The second-order valence-corrected chi connectivity index (χ2v) is 1.73. The average molecular weight is 140 g/mol. The van der Waals surface area contributed by atoms with Crippen LogP contribution < -0.4 is 0 Å². The lowest BCUT2D eigenvalue weighted by Gasteiger charge is -1.98. The number of halogens is 2. The van der Waals surface area contributed by atoms with Crippen LogP contribution >= 0.6 is 0 Å². The molecule has 0 aliphatic carbocycles. The molecule has 0 N–H and O–H groups in total. The zero-order chi connectivity index (χ0) is 8.65. The van der Waals surface area contributed by atoms with Crippen LogP contribution in [0.15, 0.2) is 0 Å². The highest BCUT2D eigenvalue weighted by Crippen LogP contribution is 2.30. The lowest BCUT2D eigenvalue weighted by Crippen LogP contribution is -2.21. The molecule has 2 atom stereocenters. The van der Waals surface area contributed by atoms with Crippen LogP contribution in [-0.4, -0.2) is 18.0 Å². The molecule has 0 amide bonds. The van der Waals surface area contributed by atoms with Gasteiger partial charge in [0.15, 0.2) is 0 Å². The number of carbonyl (C=O) groups is 1. The van der Waals surface area contributed by atoms with Gasteiger partial charge in [0, 0.05) is 2.74 Å². The summed E-state index contributed by atoms with van der Waals surface area (Å²) in [6, 6.07) is 0. The molecule has 1 saturated heterocycles. The summed E-state index contributed by atoms with van der Waals surface area (Å²) in [5, 5.41) is 0. The number of rotatable bonds is 0. The fraction of sp³-hybridized carbons (Fsp3) is 0.800. The van der Waals surface area contributed by atoms with Gasteiger partial charge in [-0.1, -0.05) is 0 Å². The molecule has 1 rings (SSSR count). The summed E-state index contributed by atoms with van der Waals surface area (Å²) in [4.78, 5) is 10.3. The standard InChI is InChI=1S/C5H6F2O2/c1-3-2-5(6,7)4(8)9-3/h3H,2H2,1H3/t3-/m1/s1/i1T,2T/t2-,3-. The molecule has 1 fully saturated rings. The lowest BCUT2D eigenvalue weighted by molar-refractivity contribution is -0.158. The van der Waals surface area contributed by atoms with Gasteiger partial charge in [0.05, 0.1) is 6.40 Å². The van der Waals surface area contributed by atoms with E-state index >= 15 is 0 Å². The van der Waals surface area contributed by atoms with Gasteiger partial charge in [0.1, 0.15) is 6.10 Å². The van der Waals surface area contributed by atoms with Gasteiger partial charge in [0.25, 0.3) is 0 Å². The van der Waals surface area contributed by atoms with E-state index in [1.165, 1.54) is 0 Å². The van der Waals surface area contributed by atoms with E-state index in [0.29, 0.717) is 0 Å². The van der Waals surface area contributed by atoms with Gasteiger partial charge in [0.2, 0.25) is 0 Å². The van der Waals surface area contributed by atoms with E-state index in [1.54, 1.807) is 0 Å². The van der Waals surface area contributed by atoms with Crippen molar-refractivity contribution in [2.45, 2.75) is 25.3 Å². The SMILES string of the molecule is [3H]C[C@H]1OC(=O)C(F)(F)[C@@H]1[3H]. The van der Waals surface area contributed by atoms with E-state index in [9.17, 15) is 13.6 Å². The van der Waals surface area contributed by atoms with E-state index in [1.807, 2.05) is 0 Å². The smallest absolute Gasteiger partial charge is 0.377 e. The predicted octanol–water partition coefficient (Wildman–Crippen LogP) is 0.957. The maximum atomic E-state index is 12.4. The van der Waals surface area contributed by atoms with Crippen molar-refractivity contribution < 1.29 is 21.1 Å². The van der Waals surface area contributed by atoms with Crippen LogP contribution in [0.3, 0.4) is 0 Å². The minimum absolute atomic E-state index is 0.491. The number of hydrogen-bond donors (Lipinski definition) is 0. The van der Waals surface area contributed by atoms with Crippen molar-refractivity contribution >= 4 is 5.97 Å². The van der Waals surface area contributed by atoms with Crippen LogP contribution in [0.1, 0.15) is 16.0 Å². The quantitative estimate of drug-likeness (QED) is 0.468. The highest BCUT2D eigenvalue weighted by molar-refractivity contribution is 5.79. The Labute approximate surface area is 53.6 Å². The predicted molar refractivity (Wildman–Crippen MR) is 25.1 cm³/mol. The topological polar surface area (TPSA) is 26.3 Å². The van der Waals surface area contributed by atoms with Crippen molar-refractivity contribution in [1.82, 2.24) is 0 Å². The molecule has 0 aromatic carbocycles. The normalized spacial score (nSPS) is 43.6. The van der Waals surface area contributed by atoms with Crippen molar-refractivity contribution in [2.75, 3.05) is 0 Å². The van der Waals surface area contributed by atoms with E-state index in [2.05, 4.69) is 4.74 Å². The molecule has 4 heteroatoms. The molecule has 0 unspecified atom stereocenters. The van der Waals surface area contributed by atoms with E-state index in [4.69, 9.17) is 2.74 Å². The van der Waals surface area contributed by atoms with Crippen molar-refractivity contribution in [1.29, 1.82) is 0 Å². The molecule has 2 nitrogen and oxygen atoms in total. The van der Waals surface area contributed by atoms with Crippen molar-refractivity contribution in [3.05, 3.63) is 0 Å². The lowest BCUT2D eigenvalue weighted by atomic mass is 10.2. The third-order valence-corrected chi connectivity index (χ3v) is 0.926. The van der Waals surface area contributed by atoms with Gasteiger partial charge in [-0.05, 0) is 6.90 Å². The van der Waals surface area contributed by atoms with Crippen LogP contribution in [0.4, 0.5) is 8.78 Å². The third-order valence-electron chi connectivity index (χ3n) is 0.926. The molecule has 0 bridgehead atoms. The zero-order valence-corrected chi connectivity index (χ0v) is 4.43. The third kappa shape index (κ3) is 1.01.